The quantitative estimate of drug-likeness (QED) is 0.294. The van der Waals surface area contributed by atoms with E-state index >= 15 is 0 Å². The summed E-state index contributed by atoms with van der Waals surface area (Å²) in [6, 6.07) is 4.02. The van der Waals surface area contributed by atoms with Crippen LogP contribution >= 0.6 is 0 Å². The van der Waals surface area contributed by atoms with E-state index in [1.165, 1.54) is 11.2 Å². The fourth-order valence-corrected chi connectivity index (χ4v) is 4.38. The Kier molecular flexibility index (Phi) is 8.87. The largest absolute Gasteiger partial charge is 0.480 e. The van der Waals surface area contributed by atoms with Gasteiger partial charge in [0.1, 0.15) is 18.1 Å². The van der Waals surface area contributed by atoms with E-state index in [1.807, 2.05) is 45.0 Å². The lowest BCUT2D eigenvalue weighted by molar-refractivity contribution is -0.148. The summed E-state index contributed by atoms with van der Waals surface area (Å²) >= 11 is 0. The standard InChI is InChI=1S/C26H34N6O6/c1-26(2,3)22(31-21(34)11-17-12-28-14-29-17)24(36)32-13-16-7-5-4-6-15(16)10-19(32)23(35)30-18(25(37)38)8-9-20(27)33/h4-7,12,14,18-19,22H,8-11,13H2,1-3H3,(H2,27,33)(H,28,29)(H,30,35)(H,31,34)(H,37,38)/t18-,19?,22+/m0/s1. The number of amides is 4. The van der Waals surface area contributed by atoms with Crippen molar-refractivity contribution in [1.82, 2.24) is 25.5 Å². The number of hydrogen-bond donors (Lipinski definition) is 5. The molecule has 3 rings (SSSR count). The zero-order valence-electron chi connectivity index (χ0n) is 21.7. The van der Waals surface area contributed by atoms with Crippen molar-refractivity contribution in [2.75, 3.05) is 0 Å². The second-order valence-corrected chi connectivity index (χ2v) is 10.5. The van der Waals surface area contributed by atoms with Gasteiger partial charge in [0.15, 0.2) is 0 Å². The SMILES string of the molecule is CC(C)(C)[C@H](NC(=O)Cc1c[nH]cn1)C(=O)N1Cc2ccccc2CC1C(=O)N[C@@H](CCC(N)=O)C(=O)O. The summed E-state index contributed by atoms with van der Waals surface area (Å²) in [5.74, 6) is -3.53. The fourth-order valence-electron chi connectivity index (χ4n) is 4.38. The summed E-state index contributed by atoms with van der Waals surface area (Å²) in [4.78, 5) is 71.3. The van der Waals surface area contributed by atoms with Crippen molar-refractivity contribution in [2.24, 2.45) is 11.1 Å². The fraction of sp³-hybridized carbons (Fsp3) is 0.462. The number of aromatic nitrogens is 2. The number of carbonyl (C=O) groups excluding carboxylic acids is 4. The molecule has 2 aromatic rings. The van der Waals surface area contributed by atoms with E-state index in [2.05, 4.69) is 20.6 Å². The molecule has 3 atom stereocenters. The third-order valence-corrected chi connectivity index (χ3v) is 6.44. The molecule has 204 valence electrons. The molecule has 6 N–H and O–H groups in total. The summed E-state index contributed by atoms with van der Waals surface area (Å²) in [5.41, 5.74) is 6.66. The number of nitrogens with two attached hydrogens (primary N) is 1. The maximum Gasteiger partial charge on any atom is 0.326 e. The van der Waals surface area contributed by atoms with Gasteiger partial charge >= 0.3 is 5.97 Å². The van der Waals surface area contributed by atoms with Crippen molar-refractivity contribution in [3.63, 3.8) is 0 Å². The Bertz CT molecular complexity index is 1190. The van der Waals surface area contributed by atoms with Crippen molar-refractivity contribution < 1.29 is 29.1 Å². The molecule has 1 unspecified atom stereocenters. The van der Waals surface area contributed by atoms with Gasteiger partial charge in [0.25, 0.3) is 0 Å². The van der Waals surface area contributed by atoms with Crippen LogP contribution in [0.1, 0.15) is 50.4 Å². The van der Waals surface area contributed by atoms with Gasteiger partial charge in [0.2, 0.25) is 23.6 Å². The number of H-pyrrole nitrogens is 1. The van der Waals surface area contributed by atoms with Crippen molar-refractivity contribution in [3.8, 4) is 0 Å². The normalized spacial score (nSPS) is 16.6. The van der Waals surface area contributed by atoms with Gasteiger partial charge in [-0.2, -0.15) is 0 Å². The average molecular weight is 527 g/mol. The first-order valence-electron chi connectivity index (χ1n) is 12.3. The third-order valence-electron chi connectivity index (χ3n) is 6.44. The number of primary amides is 1. The molecule has 1 aliphatic rings. The number of rotatable bonds is 10. The molecule has 0 fully saturated rings. The van der Waals surface area contributed by atoms with E-state index in [0.29, 0.717) is 5.69 Å². The lowest BCUT2D eigenvalue weighted by atomic mass is 9.84. The number of imidazole rings is 1. The highest BCUT2D eigenvalue weighted by molar-refractivity contribution is 5.94. The number of benzene rings is 1. The van der Waals surface area contributed by atoms with Crippen LogP contribution in [0.3, 0.4) is 0 Å². The predicted molar refractivity (Wildman–Crippen MR) is 136 cm³/mol. The molecule has 1 aromatic carbocycles. The van der Waals surface area contributed by atoms with Crippen LogP contribution in [0, 0.1) is 5.41 Å². The van der Waals surface area contributed by atoms with Gasteiger partial charge in [0, 0.05) is 25.6 Å². The number of fused-ring (bicyclic) bond motifs is 1. The van der Waals surface area contributed by atoms with Gasteiger partial charge in [-0.25, -0.2) is 9.78 Å². The molecule has 0 bridgehead atoms. The van der Waals surface area contributed by atoms with E-state index in [-0.39, 0.29) is 32.2 Å². The monoisotopic (exact) mass is 526 g/mol. The van der Waals surface area contributed by atoms with E-state index in [0.717, 1.165) is 11.1 Å². The lowest BCUT2D eigenvalue weighted by Crippen LogP contribution is -2.61. The molecular formula is C26H34N6O6. The zero-order valence-corrected chi connectivity index (χ0v) is 21.7. The molecule has 12 heteroatoms. The Balaban J connectivity index is 1.88. The first-order chi connectivity index (χ1) is 17.9. The number of carboxylic acid groups (broad SMARTS) is 1. The highest BCUT2D eigenvalue weighted by atomic mass is 16.4. The minimum Gasteiger partial charge on any atom is -0.480 e. The van der Waals surface area contributed by atoms with Crippen LogP contribution in [0.15, 0.2) is 36.8 Å². The number of aromatic amines is 1. The zero-order chi connectivity index (χ0) is 28.0. The number of nitrogens with zero attached hydrogens (tertiary/aromatic N) is 2. The van der Waals surface area contributed by atoms with Gasteiger partial charge in [-0.3, -0.25) is 19.2 Å². The molecule has 2 heterocycles. The highest BCUT2D eigenvalue weighted by Gasteiger charge is 2.42. The summed E-state index contributed by atoms with van der Waals surface area (Å²) in [5, 5.41) is 14.8. The van der Waals surface area contributed by atoms with Crippen LogP contribution in [0.5, 0.6) is 0 Å². The number of nitrogens with one attached hydrogen (secondary N) is 3. The molecule has 12 nitrogen and oxygen atoms in total. The maximum atomic E-state index is 14.0. The average Bonchev–Trinajstić information content (AvgIpc) is 3.35. The Morgan fingerprint density at radius 3 is 2.42 bits per heavy atom. The molecule has 4 amide bonds. The Morgan fingerprint density at radius 1 is 1.16 bits per heavy atom. The number of carbonyl (C=O) groups is 5. The molecule has 0 saturated heterocycles. The van der Waals surface area contributed by atoms with Crippen molar-refractivity contribution in [3.05, 3.63) is 53.6 Å². The number of hydrogen-bond acceptors (Lipinski definition) is 6. The second-order valence-electron chi connectivity index (χ2n) is 10.5. The number of aliphatic carboxylic acids is 1. The molecule has 1 aliphatic heterocycles. The van der Waals surface area contributed by atoms with Crippen LogP contribution in [0.2, 0.25) is 0 Å². The van der Waals surface area contributed by atoms with Crippen molar-refractivity contribution in [1.29, 1.82) is 0 Å². The van der Waals surface area contributed by atoms with Crippen molar-refractivity contribution in [2.45, 2.75) is 71.1 Å². The van der Waals surface area contributed by atoms with E-state index in [9.17, 15) is 29.1 Å². The first kappa shape index (κ1) is 28.4. The molecule has 0 aliphatic carbocycles. The first-order valence-corrected chi connectivity index (χ1v) is 12.3. The lowest BCUT2D eigenvalue weighted by Gasteiger charge is -2.41. The van der Waals surface area contributed by atoms with Crippen LogP contribution in [-0.4, -0.2) is 67.7 Å². The third kappa shape index (κ3) is 7.17. The van der Waals surface area contributed by atoms with Crippen LogP contribution in [0.4, 0.5) is 0 Å². The van der Waals surface area contributed by atoms with Crippen LogP contribution in [-0.2, 0) is 43.4 Å². The van der Waals surface area contributed by atoms with Gasteiger partial charge in [-0.1, -0.05) is 45.0 Å². The molecular weight excluding hydrogens is 492 g/mol. The highest BCUT2D eigenvalue weighted by Crippen LogP contribution is 2.28. The molecule has 0 spiro atoms. The summed E-state index contributed by atoms with van der Waals surface area (Å²) in [7, 11) is 0. The predicted octanol–water partition coefficient (Wildman–Crippen LogP) is 0.272. The van der Waals surface area contributed by atoms with Gasteiger partial charge in [-0.05, 0) is 23.0 Å². The minimum atomic E-state index is -1.35. The van der Waals surface area contributed by atoms with Crippen LogP contribution in [0.25, 0.3) is 0 Å². The van der Waals surface area contributed by atoms with Gasteiger partial charge in [-0.15, -0.1) is 0 Å². The Hall–Kier alpha value is -4.22. The maximum absolute atomic E-state index is 14.0. The Morgan fingerprint density at radius 2 is 1.84 bits per heavy atom. The summed E-state index contributed by atoms with van der Waals surface area (Å²) in [6.07, 6.45) is 2.77. The molecule has 0 radical (unpaired) electrons. The topological polar surface area (TPSA) is 188 Å². The van der Waals surface area contributed by atoms with Crippen LogP contribution < -0.4 is 16.4 Å². The van der Waals surface area contributed by atoms with E-state index < -0.39 is 53.1 Å². The smallest absolute Gasteiger partial charge is 0.326 e. The van der Waals surface area contributed by atoms with Gasteiger partial charge < -0.3 is 31.4 Å². The molecule has 0 saturated carbocycles. The second kappa shape index (κ2) is 11.9. The summed E-state index contributed by atoms with van der Waals surface area (Å²) < 4.78 is 0. The minimum absolute atomic E-state index is 0.0315. The Labute approximate surface area is 220 Å². The molecule has 1 aromatic heterocycles. The summed E-state index contributed by atoms with van der Waals surface area (Å²) in [6.45, 7) is 5.53. The van der Waals surface area contributed by atoms with Crippen molar-refractivity contribution >= 4 is 29.6 Å². The van der Waals surface area contributed by atoms with Gasteiger partial charge in [0.05, 0.1) is 18.4 Å². The number of carboxylic acids is 1. The molecule has 38 heavy (non-hydrogen) atoms. The van der Waals surface area contributed by atoms with E-state index in [4.69, 9.17) is 5.73 Å². The van der Waals surface area contributed by atoms with E-state index in [1.54, 1.807) is 6.20 Å².